The number of hydrogen-bond acceptors (Lipinski definition) is 4. The van der Waals surface area contributed by atoms with Crippen molar-refractivity contribution in [3.63, 3.8) is 0 Å². The van der Waals surface area contributed by atoms with E-state index >= 15 is 0 Å². The lowest BCUT2D eigenvalue weighted by molar-refractivity contribution is 0.306. The van der Waals surface area contributed by atoms with Gasteiger partial charge in [-0.25, -0.2) is 8.42 Å². The van der Waals surface area contributed by atoms with Gasteiger partial charge in [0.2, 0.25) is 0 Å². The van der Waals surface area contributed by atoms with Gasteiger partial charge < -0.3 is 10.5 Å². The fourth-order valence-electron chi connectivity index (χ4n) is 3.76. The maximum Gasteiger partial charge on any atom is 0.184 e. The van der Waals surface area contributed by atoms with Crippen molar-refractivity contribution >= 4 is 9.84 Å². The molecule has 0 aromatic heterocycles. The standard InChI is InChI=1S/C23H23NO3S/c24-14-13-19(28(25,26)18-8-2-1-3-9-18)16-27-23-12-6-11-21-20-10-5-4-7-17(20)15-22(21)23/h1-12,19H,13-16,24H2. The smallest absolute Gasteiger partial charge is 0.184 e. The zero-order valence-corrected chi connectivity index (χ0v) is 16.4. The van der Waals surface area contributed by atoms with Crippen molar-refractivity contribution in [3.05, 3.63) is 83.9 Å². The van der Waals surface area contributed by atoms with E-state index < -0.39 is 15.1 Å². The van der Waals surface area contributed by atoms with Gasteiger partial charge in [-0.1, -0.05) is 54.6 Å². The maximum atomic E-state index is 13.0. The second kappa shape index (κ2) is 7.78. The summed E-state index contributed by atoms with van der Waals surface area (Å²) < 4.78 is 32.1. The molecule has 4 nitrogen and oxygen atoms in total. The Morgan fingerprint density at radius 1 is 0.893 bits per heavy atom. The summed E-state index contributed by atoms with van der Waals surface area (Å²) in [5.74, 6) is 0.749. The van der Waals surface area contributed by atoms with Crippen LogP contribution >= 0.6 is 0 Å². The predicted octanol–water partition coefficient (Wildman–Crippen LogP) is 3.83. The van der Waals surface area contributed by atoms with Gasteiger partial charge in [-0.05, 0) is 47.9 Å². The van der Waals surface area contributed by atoms with Crippen LogP contribution in [0.25, 0.3) is 11.1 Å². The van der Waals surface area contributed by atoms with Crippen LogP contribution in [-0.2, 0) is 16.3 Å². The first-order valence-electron chi connectivity index (χ1n) is 9.43. The average Bonchev–Trinajstić information content (AvgIpc) is 3.11. The largest absolute Gasteiger partial charge is 0.492 e. The topological polar surface area (TPSA) is 69.4 Å². The molecular weight excluding hydrogens is 370 g/mol. The predicted molar refractivity (Wildman–Crippen MR) is 111 cm³/mol. The summed E-state index contributed by atoms with van der Waals surface area (Å²) in [6.07, 6.45) is 1.15. The number of benzene rings is 3. The molecule has 2 N–H and O–H groups in total. The summed E-state index contributed by atoms with van der Waals surface area (Å²) in [5.41, 5.74) is 10.5. The molecule has 144 valence electrons. The Kier molecular flexibility index (Phi) is 5.20. The van der Waals surface area contributed by atoms with Crippen molar-refractivity contribution in [1.82, 2.24) is 0 Å². The fourth-order valence-corrected chi connectivity index (χ4v) is 5.38. The number of nitrogens with two attached hydrogens (primary N) is 1. The van der Waals surface area contributed by atoms with Crippen molar-refractivity contribution in [1.29, 1.82) is 0 Å². The van der Waals surface area contributed by atoms with Crippen LogP contribution < -0.4 is 10.5 Å². The number of sulfone groups is 1. The van der Waals surface area contributed by atoms with Crippen molar-refractivity contribution in [3.8, 4) is 16.9 Å². The summed E-state index contributed by atoms with van der Waals surface area (Å²) >= 11 is 0. The van der Waals surface area contributed by atoms with Gasteiger partial charge in [-0.3, -0.25) is 0 Å². The molecule has 1 aliphatic rings. The first-order chi connectivity index (χ1) is 13.6. The monoisotopic (exact) mass is 393 g/mol. The number of fused-ring (bicyclic) bond motifs is 3. The molecule has 28 heavy (non-hydrogen) atoms. The minimum Gasteiger partial charge on any atom is -0.492 e. The second-order valence-corrected chi connectivity index (χ2v) is 9.21. The number of ether oxygens (including phenoxy) is 1. The lowest BCUT2D eigenvalue weighted by Crippen LogP contribution is -2.30. The Labute approximate surface area is 165 Å². The van der Waals surface area contributed by atoms with Gasteiger partial charge in [0, 0.05) is 12.0 Å². The van der Waals surface area contributed by atoms with E-state index in [0.717, 1.165) is 23.3 Å². The molecule has 0 radical (unpaired) electrons. The molecule has 1 unspecified atom stereocenters. The van der Waals surface area contributed by atoms with Crippen LogP contribution in [0.2, 0.25) is 0 Å². The van der Waals surface area contributed by atoms with Gasteiger partial charge in [0.1, 0.15) is 17.6 Å². The SMILES string of the molecule is NCCC(COc1cccc2c1Cc1ccccc1-2)S(=O)(=O)c1ccccc1. The molecule has 4 rings (SSSR count). The average molecular weight is 394 g/mol. The number of rotatable bonds is 7. The van der Waals surface area contributed by atoms with Crippen LogP contribution in [0.15, 0.2) is 77.7 Å². The van der Waals surface area contributed by atoms with E-state index in [-0.39, 0.29) is 6.61 Å². The van der Waals surface area contributed by atoms with E-state index in [9.17, 15) is 8.42 Å². The quantitative estimate of drug-likeness (QED) is 0.518. The van der Waals surface area contributed by atoms with Crippen LogP contribution in [-0.4, -0.2) is 26.8 Å². The highest BCUT2D eigenvalue weighted by Crippen LogP contribution is 2.41. The molecule has 0 amide bonds. The molecule has 0 aliphatic heterocycles. The van der Waals surface area contributed by atoms with E-state index in [2.05, 4.69) is 18.2 Å². The first kappa shape index (κ1) is 18.7. The van der Waals surface area contributed by atoms with Gasteiger partial charge >= 0.3 is 0 Å². The van der Waals surface area contributed by atoms with Crippen molar-refractivity contribution < 1.29 is 13.2 Å². The molecule has 0 heterocycles. The van der Waals surface area contributed by atoms with Gasteiger partial charge in [-0.15, -0.1) is 0 Å². The Balaban J connectivity index is 1.58. The van der Waals surface area contributed by atoms with E-state index in [4.69, 9.17) is 10.5 Å². The molecule has 0 fully saturated rings. The Bertz CT molecular complexity index is 1080. The van der Waals surface area contributed by atoms with E-state index in [1.54, 1.807) is 30.3 Å². The molecule has 1 aliphatic carbocycles. The summed E-state index contributed by atoms with van der Waals surface area (Å²) in [6, 6.07) is 22.8. The second-order valence-electron chi connectivity index (χ2n) is 6.98. The van der Waals surface area contributed by atoms with Gasteiger partial charge in [0.25, 0.3) is 0 Å². The van der Waals surface area contributed by atoms with E-state index in [0.29, 0.717) is 17.9 Å². The lowest BCUT2D eigenvalue weighted by atomic mass is 10.1. The Morgan fingerprint density at radius 3 is 2.39 bits per heavy atom. The van der Waals surface area contributed by atoms with Crippen molar-refractivity contribution in [2.45, 2.75) is 23.0 Å². The summed E-state index contributed by atoms with van der Waals surface area (Å²) in [7, 11) is -3.51. The molecule has 5 heteroatoms. The minimum atomic E-state index is -3.51. The molecular formula is C23H23NO3S. The Morgan fingerprint density at radius 2 is 1.61 bits per heavy atom. The number of hydrogen-bond donors (Lipinski definition) is 1. The highest BCUT2D eigenvalue weighted by Gasteiger charge is 2.28. The van der Waals surface area contributed by atoms with Crippen LogP contribution in [0.5, 0.6) is 5.75 Å². The summed E-state index contributed by atoms with van der Waals surface area (Å²) in [4.78, 5) is 0.308. The third-order valence-electron chi connectivity index (χ3n) is 5.23. The Hall–Kier alpha value is -2.63. The van der Waals surface area contributed by atoms with Gasteiger partial charge in [-0.2, -0.15) is 0 Å². The zero-order chi connectivity index (χ0) is 19.6. The third kappa shape index (κ3) is 3.43. The van der Waals surface area contributed by atoms with Crippen LogP contribution in [0.4, 0.5) is 0 Å². The highest BCUT2D eigenvalue weighted by atomic mass is 32.2. The van der Waals surface area contributed by atoms with Crippen LogP contribution in [0.3, 0.4) is 0 Å². The van der Waals surface area contributed by atoms with E-state index in [1.807, 2.05) is 24.3 Å². The van der Waals surface area contributed by atoms with E-state index in [1.165, 1.54) is 11.1 Å². The normalized spacial score (nSPS) is 13.6. The molecule has 3 aromatic rings. The maximum absolute atomic E-state index is 13.0. The summed E-state index contributed by atoms with van der Waals surface area (Å²) in [5, 5.41) is -0.681. The van der Waals surface area contributed by atoms with Gasteiger partial charge in [0.15, 0.2) is 9.84 Å². The summed E-state index contributed by atoms with van der Waals surface area (Å²) in [6.45, 7) is 0.375. The minimum absolute atomic E-state index is 0.0845. The zero-order valence-electron chi connectivity index (χ0n) is 15.5. The molecule has 0 saturated carbocycles. The molecule has 0 spiro atoms. The molecule has 0 saturated heterocycles. The van der Waals surface area contributed by atoms with Crippen LogP contribution in [0, 0.1) is 0 Å². The van der Waals surface area contributed by atoms with Gasteiger partial charge in [0.05, 0.1) is 4.90 Å². The molecule has 1 atom stereocenters. The third-order valence-corrected chi connectivity index (χ3v) is 7.41. The van der Waals surface area contributed by atoms with Crippen LogP contribution in [0.1, 0.15) is 17.5 Å². The van der Waals surface area contributed by atoms with Crippen molar-refractivity contribution in [2.24, 2.45) is 5.73 Å². The van der Waals surface area contributed by atoms with Crippen molar-refractivity contribution in [2.75, 3.05) is 13.2 Å². The fraction of sp³-hybridized carbons (Fsp3) is 0.217. The first-order valence-corrected chi connectivity index (χ1v) is 11.0. The molecule has 0 bridgehead atoms. The molecule has 3 aromatic carbocycles. The highest BCUT2D eigenvalue weighted by molar-refractivity contribution is 7.92. The lowest BCUT2D eigenvalue weighted by Gasteiger charge is -2.19.